The Balaban J connectivity index is 1.41. The number of carboxylic acid groups (broad SMARTS) is 2. The molecule has 4 N–H and O–H groups in total. The Labute approximate surface area is 204 Å². The molecule has 6 atom stereocenters. The van der Waals surface area contributed by atoms with E-state index in [9.17, 15) is 19.8 Å². The fourth-order valence-electron chi connectivity index (χ4n) is 7.84. The molecule has 190 valence electrons. The number of methoxy groups -OCH3 is 1. The molecule has 3 aliphatic carbocycles. The average Bonchev–Trinajstić information content (AvgIpc) is 3.57. The van der Waals surface area contributed by atoms with Crippen molar-refractivity contribution in [2.45, 2.75) is 86.6 Å². The Morgan fingerprint density at radius 3 is 2.74 bits per heavy atom. The van der Waals surface area contributed by atoms with Crippen LogP contribution in [0.25, 0.3) is 0 Å². The van der Waals surface area contributed by atoms with E-state index >= 15 is 0 Å². The third kappa shape index (κ3) is 3.24. The first-order valence-corrected chi connectivity index (χ1v) is 12.8. The number of ether oxygens (including phenoxy) is 2. The lowest BCUT2D eigenvalue weighted by atomic mass is 9.48. The van der Waals surface area contributed by atoms with Gasteiger partial charge in [0.15, 0.2) is 11.5 Å². The number of hydrogen-bond donors (Lipinski definition) is 4. The van der Waals surface area contributed by atoms with Crippen LogP contribution in [0.3, 0.4) is 0 Å². The van der Waals surface area contributed by atoms with Gasteiger partial charge in [0.25, 0.3) is 0 Å². The van der Waals surface area contributed by atoms with E-state index < -0.39 is 35.1 Å². The molecule has 2 heterocycles. The molecule has 6 rings (SSSR count). The Hall–Kier alpha value is -2.36. The summed E-state index contributed by atoms with van der Waals surface area (Å²) in [7, 11) is 1.79. The molecule has 0 amide bonds. The number of nitrogens with zero attached hydrogens (tertiary/aromatic N) is 1. The van der Waals surface area contributed by atoms with Gasteiger partial charge in [-0.1, -0.05) is 6.07 Å². The van der Waals surface area contributed by atoms with Crippen molar-refractivity contribution in [1.29, 1.82) is 0 Å². The first-order valence-electron chi connectivity index (χ1n) is 12.8. The standard InChI is InChI=1S/C26H34N2O7/c1-34-26-9-8-16(27-17(24(32)33)5-7-20(30)31)23-25(26)10-11-28(13-14-2-3-14)19(26)12-15-4-6-18(29)22(35-23)21(15)25/h4,6,14,16-17,19,23,27,29H,2-3,5,7-13H2,1H3,(H,30,31)(H,32,33)/t16-,17-,19+,23-,25-,26+/m0/s1. The summed E-state index contributed by atoms with van der Waals surface area (Å²) < 4.78 is 13.1. The van der Waals surface area contributed by atoms with Gasteiger partial charge in [-0.05, 0) is 69.0 Å². The molecule has 1 aromatic carbocycles. The van der Waals surface area contributed by atoms with E-state index in [0.29, 0.717) is 12.2 Å². The first kappa shape index (κ1) is 23.1. The number of phenols is 1. The molecule has 0 radical (unpaired) electrons. The second-order valence-electron chi connectivity index (χ2n) is 11.1. The molecule has 3 fully saturated rings. The van der Waals surface area contributed by atoms with E-state index in [1.165, 1.54) is 18.4 Å². The number of aliphatic carboxylic acids is 2. The van der Waals surface area contributed by atoms with Crippen molar-refractivity contribution >= 4 is 11.9 Å². The first-order chi connectivity index (χ1) is 16.8. The maximum absolute atomic E-state index is 12.0. The lowest BCUT2D eigenvalue weighted by molar-refractivity contribution is -0.208. The number of phenolic OH excluding ortho intramolecular Hbond substituents is 1. The van der Waals surface area contributed by atoms with Gasteiger partial charge in [0.2, 0.25) is 0 Å². The lowest BCUT2D eigenvalue weighted by Crippen LogP contribution is -2.79. The molecular formula is C26H34N2O7. The van der Waals surface area contributed by atoms with Crippen molar-refractivity contribution in [2.75, 3.05) is 20.2 Å². The number of piperidine rings is 1. The molecule has 0 aromatic heterocycles. The predicted octanol–water partition coefficient (Wildman–Crippen LogP) is 1.89. The van der Waals surface area contributed by atoms with E-state index in [1.54, 1.807) is 13.2 Å². The summed E-state index contributed by atoms with van der Waals surface area (Å²) in [5.41, 5.74) is 1.23. The second kappa shape index (κ2) is 8.08. The van der Waals surface area contributed by atoms with Gasteiger partial charge in [0, 0.05) is 37.7 Å². The summed E-state index contributed by atoms with van der Waals surface area (Å²) in [4.78, 5) is 25.7. The average molecular weight is 487 g/mol. The highest BCUT2D eigenvalue weighted by atomic mass is 16.5. The number of benzene rings is 1. The monoisotopic (exact) mass is 486 g/mol. The summed E-state index contributed by atoms with van der Waals surface area (Å²) in [5.74, 6) is -0.707. The number of rotatable bonds is 9. The minimum Gasteiger partial charge on any atom is -0.504 e. The maximum Gasteiger partial charge on any atom is 0.320 e. The molecule has 2 saturated carbocycles. The second-order valence-corrected chi connectivity index (χ2v) is 11.1. The number of aromatic hydroxyl groups is 1. The Bertz CT molecular complexity index is 1060. The molecule has 0 unspecified atom stereocenters. The third-order valence-electron chi connectivity index (χ3n) is 9.45. The number of hydrogen-bond acceptors (Lipinski definition) is 7. The molecular weight excluding hydrogens is 452 g/mol. The third-order valence-corrected chi connectivity index (χ3v) is 9.45. The molecule has 35 heavy (non-hydrogen) atoms. The minimum atomic E-state index is -1.06. The van der Waals surface area contributed by atoms with Crippen LogP contribution in [0.2, 0.25) is 0 Å². The Morgan fingerprint density at radius 1 is 1.26 bits per heavy atom. The quantitative estimate of drug-likeness (QED) is 0.414. The van der Waals surface area contributed by atoms with Crippen molar-refractivity contribution in [3.8, 4) is 11.5 Å². The molecule has 2 aliphatic heterocycles. The van der Waals surface area contributed by atoms with Crippen molar-refractivity contribution in [1.82, 2.24) is 10.2 Å². The van der Waals surface area contributed by atoms with Gasteiger partial charge in [-0.3, -0.25) is 19.8 Å². The van der Waals surface area contributed by atoms with Crippen LogP contribution < -0.4 is 10.1 Å². The van der Waals surface area contributed by atoms with Gasteiger partial charge in [0.1, 0.15) is 12.1 Å². The van der Waals surface area contributed by atoms with E-state index in [1.807, 2.05) is 6.07 Å². The van der Waals surface area contributed by atoms with Crippen LogP contribution in [0.4, 0.5) is 0 Å². The smallest absolute Gasteiger partial charge is 0.320 e. The molecule has 2 bridgehead atoms. The van der Waals surface area contributed by atoms with Gasteiger partial charge < -0.3 is 24.8 Å². The van der Waals surface area contributed by atoms with Crippen LogP contribution in [0.5, 0.6) is 11.5 Å². The highest BCUT2D eigenvalue weighted by Crippen LogP contribution is 2.66. The van der Waals surface area contributed by atoms with Gasteiger partial charge in [-0.25, -0.2) is 0 Å². The zero-order valence-corrected chi connectivity index (χ0v) is 20.0. The van der Waals surface area contributed by atoms with Gasteiger partial charge in [-0.2, -0.15) is 0 Å². The SMILES string of the molecule is CO[C@@]12CC[C@H](N[C@@H](CCC(=O)O)C(=O)O)[C@@H]3Oc4c(O)ccc5c4[C@@]31CCN(CC1CC1)[C@@H]2C5. The summed E-state index contributed by atoms with van der Waals surface area (Å²) >= 11 is 0. The summed E-state index contributed by atoms with van der Waals surface area (Å²) in [5, 5.41) is 33.0. The van der Waals surface area contributed by atoms with Gasteiger partial charge >= 0.3 is 11.9 Å². The number of carboxylic acids is 2. The summed E-state index contributed by atoms with van der Waals surface area (Å²) in [6, 6.07) is 2.62. The molecule has 1 saturated heterocycles. The maximum atomic E-state index is 12.0. The molecule has 1 spiro atoms. The highest BCUT2D eigenvalue weighted by molar-refractivity contribution is 5.75. The Morgan fingerprint density at radius 2 is 2.06 bits per heavy atom. The van der Waals surface area contributed by atoms with Crippen LogP contribution in [-0.4, -0.2) is 82.2 Å². The largest absolute Gasteiger partial charge is 0.504 e. The summed E-state index contributed by atoms with van der Waals surface area (Å²) in [6.07, 6.45) is 4.98. The normalized spacial score (nSPS) is 35.7. The topological polar surface area (TPSA) is 129 Å². The van der Waals surface area contributed by atoms with Crippen molar-refractivity contribution in [2.24, 2.45) is 5.92 Å². The van der Waals surface area contributed by atoms with Gasteiger partial charge in [-0.15, -0.1) is 0 Å². The number of likely N-dealkylation sites (tertiary alicyclic amines) is 1. The Kier molecular flexibility index (Phi) is 5.32. The molecule has 1 aromatic rings. The van der Waals surface area contributed by atoms with Crippen LogP contribution >= 0.6 is 0 Å². The number of nitrogens with one attached hydrogen (secondary N) is 1. The zero-order chi connectivity index (χ0) is 24.5. The van der Waals surface area contributed by atoms with Crippen LogP contribution in [0.1, 0.15) is 56.1 Å². The molecule has 9 nitrogen and oxygen atoms in total. The van der Waals surface area contributed by atoms with E-state index in [0.717, 1.165) is 43.8 Å². The van der Waals surface area contributed by atoms with Crippen molar-refractivity contribution < 1.29 is 34.4 Å². The van der Waals surface area contributed by atoms with Crippen molar-refractivity contribution in [3.05, 3.63) is 23.3 Å². The highest BCUT2D eigenvalue weighted by Gasteiger charge is 2.74. The van der Waals surface area contributed by atoms with Crippen LogP contribution in [0, 0.1) is 5.92 Å². The minimum absolute atomic E-state index is 0.00243. The predicted molar refractivity (Wildman–Crippen MR) is 125 cm³/mol. The van der Waals surface area contributed by atoms with Crippen LogP contribution in [-0.2, 0) is 26.2 Å². The molecule has 9 heteroatoms. The van der Waals surface area contributed by atoms with E-state index in [-0.39, 0.29) is 30.7 Å². The fourth-order valence-corrected chi connectivity index (χ4v) is 7.84. The number of carbonyl (C=O) groups is 2. The zero-order valence-electron chi connectivity index (χ0n) is 20.0. The van der Waals surface area contributed by atoms with E-state index in [2.05, 4.69) is 10.2 Å². The lowest BCUT2D eigenvalue weighted by Gasteiger charge is -2.65. The van der Waals surface area contributed by atoms with Crippen LogP contribution in [0.15, 0.2) is 12.1 Å². The van der Waals surface area contributed by atoms with Gasteiger partial charge in [0.05, 0.1) is 11.0 Å². The van der Waals surface area contributed by atoms with E-state index in [4.69, 9.17) is 14.6 Å². The van der Waals surface area contributed by atoms with Crippen molar-refractivity contribution in [3.63, 3.8) is 0 Å². The fraction of sp³-hybridized carbons (Fsp3) is 0.692. The summed E-state index contributed by atoms with van der Waals surface area (Å²) in [6.45, 7) is 1.99. The molecule has 5 aliphatic rings.